The average molecular weight is 831 g/mol. The molecular weight excluding hydrogens is 792 g/mol. The van der Waals surface area contributed by atoms with Crippen molar-refractivity contribution in [3.05, 3.63) is 69.3 Å². The first-order valence-corrected chi connectivity index (χ1v) is 18.3. The number of nitrogens with zero attached hydrogens (tertiary/aromatic N) is 2. The number of aromatic amines is 2. The van der Waals surface area contributed by atoms with Crippen LogP contribution < -0.4 is 0 Å². The fourth-order valence-electron chi connectivity index (χ4n) is 7.37. The highest BCUT2D eigenvalue weighted by molar-refractivity contribution is 6.03. The monoisotopic (exact) mass is 830 g/mol. The van der Waals surface area contributed by atoms with Crippen LogP contribution in [0.3, 0.4) is 0 Å². The Hall–Kier alpha value is -7.64. The van der Waals surface area contributed by atoms with Crippen LogP contribution in [0, 0.1) is 0 Å². The minimum Gasteiger partial charge on any atom is -0.481 e. The maximum atomic E-state index is 12.3. The first kappa shape index (κ1) is 43.5. The molecule has 3 aromatic heterocycles. The maximum Gasteiger partial charge on any atom is 0.307 e. The van der Waals surface area contributed by atoms with E-state index in [1.54, 1.807) is 0 Å². The third-order valence-corrected chi connectivity index (χ3v) is 9.81. The second-order valence-electron chi connectivity index (χ2n) is 13.9. The van der Waals surface area contributed by atoms with Crippen molar-refractivity contribution in [3.63, 3.8) is 0 Å². The molecule has 0 radical (unpaired) electrons. The van der Waals surface area contributed by atoms with E-state index in [9.17, 15) is 79.2 Å². The summed E-state index contributed by atoms with van der Waals surface area (Å²) in [6.45, 7) is 0. The van der Waals surface area contributed by atoms with Crippen LogP contribution in [-0.2, 0) is 64.0 Å². The van der Waals surface area contributed by atoms with Gasteiger partial charge in [-0.25, -0.2) is 9.97 Å². The number of carboxylic acid groups (broad SMARTS) is 8. The van der Waals surface area contributed by atoms with Gasteiger partial charge in [0, 0.05) is 47.8 Å². The normalized spacial score (nSPS) is 12.4. The van der Waals surface area contributed by atoms with Crippen molar-refractivity contribution in [1.29, 1.82) is 0 Å². The minimum absolute atomic E-state index is 0.00556. The van der Waals surface area contributed by atoms with E-state index >= 15 is 0 Å². The van der Waals surface area contributed by atoms with Crippen LogP contribution in [0.25, 0.3) is 44.4 Å². The summed E-state index contributed by atoms with van der Waals surface area (Å²) in [5, 5.41) is 78.6. The molecule has 2 aliphatic rings. The summed E-state index contributed by atoms with van der Waals surface area (Å²) in [6, 6.07) is 5.39. The van der Waals surface area contributed by atoms with Gasteiger partial charge in [0.15, 0.2) is 0 Å². The number of H-pyrrole nitrogens is 2. The number of carbonyl (C=O) groups is 8. The molecule has 20 heteroatoms. The van der Waals surface area contributed by atoms with Gasteiger partial charge in [0.1, 0.15) is 0 Å². The zero-order valence-electron chi connectivity index (χ0n) is 31.5. The molecule has 0 atom stereocenters. The molecule has 10 N–H and O–H groups in total. The zero-order valence-corrected chi connectivity index (χ0v) is 31.5. The van der Waals surface area contributed by atoms with Crippen molar-refractivity contribution in [2.24, 2.45) is 0 Å². The quantitative estimate of drug-likeness (QED) is 0.0766. The third kappa shape index (κ3) is 10.4. The van der Waals surface area contributed by atoms with Crippen LogP contribution >= 0.6 is 0 Å². The van der Waals surface area contributed by atoms with Crippen LogP contribution in [0.15, 0.2) is 24.3 Å². The lowest BCUT2D eigenvalue weighted by atomic mass is 9.95. The van der Waals surface area contributed by atoms with E-state index < -0.39 is 99.1 Å². The van der Waals surface area contributed by atoms with Crippen LogP contribution in [0.4, 0.5) is 0 Å². The summed E-state index contributed by atoms with van der Waals surface area (Å²) >= 11 is 0. The number of nitrogens with one attached hydrogen (secondary N) is 2. The van der Waals surface area contributed by atoms with Gasteiger partial charge in [-0.2, -0.15) is 0 Å². The molecule has 0 saturated heterocycles. The number of fused-ring (bicyclic) bond motifs is 8. The van der Waals surface area contributed by atoms with E-state index in [2.05, 4.69) is 19.9 Å². The number of aliphatic carboxylic acids is 8. The highest BCUT2D eigenvalue weighted by atomic mass is 16.4. The summed E-state index contributed by atoms with van der Waals surface area (Å²) in [5.41, 5.74) is 1.10. The van der Waals surface area contributed by atoms with Gasteiger partial charge in [0.05, 0.1) is 48.5 Å². The molecule has 0 spiro atoms. The van der Waals surface area contributed by atoms with Crippen molar-refractivity contribution in [3.8, 4) is 0 Å². The minimum atomic E-state index is -1.35. The number of allylic oxidation sites excluding steroid dienone is 2. The van der Waals surface area contributed by atoms with Gasteiger partial charge in [0.2, 0.25) is 0 Å². The van der Waals surface area contributed by atoms with Crippen molar-refractivity contribution in [2.75, 3.05) is 0 Å². The Labute approximate surface area is 337 Å². The molecule has 314 valence electrons. The molecule has 0 unspecified atom stereocenters. The predicted octanol–water partition coefficient (Wildman–Crippen LogP) is 4.10. The molecular formula is C40H38N4O16. The van der Waals surface area contributed by atoms with Gasteiger partial charge in [0.25, 0.3) is 0 Å². The first-order chi connectivity index (χ1) is 28.3. The summed E-state index contributed by atoms with van der Waals surface area (Å²) in [6.07, 6.45) is -5.73. The largest absolute Gasteiger partial charge is 0.481 e. The fraction of sp³-hybridized carbons (Fsp3) is 0.300. The van der Waals surface area contributed by atoms with Gasteiger partial charge in [-0.15, -0.1) is 0 Å². The SMILES string of the molecule is O=C(O)CCC1=C(CC(=O)O)c2cc3nc(cc4[nH]c(cc5[nH]c(cc1n2)c(CCC(=O)O)c5CC(=O)O)c(CC(=O)O)c4CCC(=O)O)C(CCC(=O)O)=C3CC(=O)O. The zero-order chi connectivity index (χ0) is 44.0. The molecule has 3 aromatic rings. The van der Waals surface area contributed by atoms with E-state index in [-0.39, 0.29) is 115 Å². The summed E-state index contributed by atoms with van der Waals surface area (Å²) < 4.78 is 0. The van der Waals surface area contributed by atoms with Crippen LogP contribution in [0.2, 0.25) is 0 Å². The van der Waals surface area contributed by atoms with Crippen molar-refractivity contribution >= 4 is 92.1 Å². The van der Waals surface area contributed by atoms with E-state index in [0.717, 1.165) is 0 Å². The lowest BCUT2D eigenvalue weighted by Crippen LogP contribution is -2.05. The highest BCUT2D eigenvalue weighted by Crippen LogP contribution is 2.40. The van der Waals surface area contributed by atoms with E-state index in [1.165, 1.54) is 24.3 Å². The second-order valence-corrected chi connectivity index (χ2v) is 13.9. The molecule has 0 amide bonds. The first-order valence-electron chi connectivity index (χ1n) is 18.3. The summed E-state index contributed by atoms with van der Waals surface area (Å²) in [4.78, 5) is 112. The Morgan fingerprint density at radius 3 is 0.967 bits per heavy atom. The number of aryl methyl sites for hydroxylation is 2. The number of aromatic nitrogens is 4. The molecule has 0 saturated carbocycles. The molecule has 5 rings (SSSR count). The van der Waals surface area contributed by atoms with Crippen molar-refractivity contribution in [2.45, 2.75) is 77.0 Å². The Morgan fingerprint density at radius 2 is 0.650 bits per heavy atom. The third-order valence-electron chi connectivity index (χ3n) is 9.81. The predicted molar refractivity (Wildman–Crippen MR) is 207 cm³/mol. The molecule has 5 heterocycles. The molecule has 2 aliphatic heterocycles. The van der Waals surface area contributed by atoms with Crippen LogP contribution in [0.1, 0.15) is 96.4 Å². The van der Waals surface area contributed by atoms with Crippen LogP contribution in [0.5, 0.6) is 0 Å². The van der Waals surface area contributed by atoms with E-state index in [4.69, 9.17) is 0 Å². The molecule has 8 bridgehead atoms. The average Bonchev–Trinajstić information content (AvgIpc) is 3.81. The van der Waals surface area contributed by atoms with Crippen molar-refractivity contribution < 1.29 is 79.2 Å². The number of hydrogen-bond acceptors (Lipinski definition) is 10. The molecule has 60 heavy (non-hydrogen) atoms. The van der Waals surface area contributed by atoms with Crippen molar-refractivity contribution in [1.82, 2.24) is 19.9 Å². The van der Waals surface area contributed by atoms with Gasteiger partial charge in [-0.05, 0) is 94.5 Å². The standard InChI is InChI=1S/C40H38N4O16/c45-33(46)5-1-17-21(9-37(53)54)29-15-30-23(11-39(57)58)19(3-7-35(49)50)27(43-30)14-28-20(4-8-36(51)52)24(12-40(59)60)32(44-28)16-31-22(10-38(55)56)18(2-6-34(47)48)26(42-31)13-25(17)41-29/h13-16,41,43H,1-12H2,(H,45,46)(H,47,48)(H,49,50)(H,51,52)(H,53,54)(H,55,56)(H,57,58)(H,59,60). The number of hydrogen-bond donors (Lipinski definition) is 10. The van der Waals surface area contributed by atoms with Gasteiger partial charge in [-0.1, -0.05) is 0 Å². The fourth-order valence-corrected chi connectivity index (χ4v) is 7.37. The Kier molecular flexibility index (Phi) is 13.3. The van der Waals surface area contributed by atoms with Gasteiger partial charge < -0.3 is 50.8 Å². The van der Waals surface area contributed by atoms with E-state index in [0.29, 0.717) is 0 Å². The second kappa shape index (κ2) is 18.3. The summed E-state index contributed by atoms with van der Waals surface area (Å²) in [5.74, 6) is -10.3. The lowest BCUT2D eigenvalue weighted by molar-refractivity contribution is -0.138. The van der Waals surface area contributed by atoms with Gasteiger partial charge in [-0.3, -0.25) is 38.4 Å². The highest BCUT2D eigenvalue weighted by Gasteiger charge is 2.28. The molecule has 0 aromatic carbocycles. The maximum absolute atomic E-state index is 12.3. The smallest absolute Gasteiger partial charge is 0.307 e. The lowest BCUT2D eigenvalue weighted by Gasteiger charge is -2.07. The Balaban J connectivity index is 2.09. The van der Waals surface area contributed by atoms with Crippen LogP contribution in [-0.4, -0.2) is 109 Å². The van der Waals surface area contributed by atoms with E-state index in [1.807, 2.05) is 0 Å². The topological polar surface area (TPSA) is 356 Å². The number of carboxylic acids is 8. The molecule has 20 nitrogen and oxygen atoms in total. The molecule has 0 fully saturated rings. The number of rotatable bonds is 20. The van der Waals surface area contributed by atoms with Gasteiger partial charge >= 0.3 is 47.8 Å². The molecule has 0 aliphatic carbocycles. The summed E-state index contributed by atoms with van der Waals surface area (Å²) in [7, 11) is 0. The Morgan fingerprint density at radius 1 is 0.350 bits per heavy atom. The Bertz CT molecular complexity index is 2420.